The van der Waals surface area contributed by atoms with Crippen LogP contribution < -0.4 is 10.6 Å². The standard InChI is InChI=1S/C24H33N3O4/c1-5-27-16(4)20(23(29)31-15(2)3)21(26-24(27)30)18-12-9-13-19(14-18)25-22(28)17-10-7-6-8-11-17/h9,12-15,17,21H,5-8,10-11H2,1-4H3,(H,25,28)(H,26,30). The molecule has 168 valence electrons. The number of carbonyl (C=O) groups is 3. The number of benzene rings is 1. The normalized spacial score (nSPS) is 20.0. The SMILES string of the molecule is CCN1C(=O)NC(c2cccc(NC(=O)C3CCCCC3)c2)C(C(=O)OC(C)C)=C1C. The second-order valence-electron chi connectivity index (χ2n) is 8.53. The van der Waals surface area contributed by atoms with E-state index < -0.39 is 12.0 Å². The fourth-order valence-corrected chi connectivity index (χ4v) is 4.36. The molecule has 1 atom stereocenters. The topological polar surface area (TPSA) is 87.7 Å². The highest BCUT2D eigenvalue weighted by Gasteiger charge is 2.36. The quantitative estimate of drug-likeness (QED) is 0.654. The summed E-state index contributed by atoms with van der Waals surface area (Å²) in [5.74, 6) is -0.371. The second-order valence-corrected chi connectivity index (χ2v) is 8.53. The number of nitrogens with zero attached hydrogens (tertiary/aromatic N) is 1. The zero-order valence-corrected chi connectivity index (χ0v) is 18.9. The first-order valence-electron chi connectivity index (χ1n) is 11.2. The summed E-state index contributed by atoms with van der Waals surface area (Å²) in [5, 5.41) is 5.94. The molecule has 0 saturated heterocycles. The van der Waals surface area contributed by atoms with Gasteiger partial charge in [-0.2, -0.15) is 0 Å². The predicted molar refractivity (Wildman–Crippen MR) is 119 cm³/mol. The van der Waals surface area contributed by atoms with Crippen molar-refractivity contribution in [3.8, 4) is 0 Å². The lowest BCUT2D eigenvalue weighted by Crippen LogP contribution is -2.48. The second kappa shape index (κ2) is 9.98. The third-order valence-electron chi connectivity index (χ3n) is 5.94. The van der Waals surface area contributed by atoms with Crippen LogP contribution in [0.1, 0.15) is 71.4 Å². The van der Waals surface area contributed by atoms with Crippen molar-refractivity contribution in [2.75, 3.05) is 11.9 Å². The van der Waals surface area contributed by atoms with Crippen molar-refractivity contribution < 1.29 is 19.1 Å². The molecule has 7 heteroatoms. The minimum Gasteiger partial charge on any atom is -0.459 e. The lowest BCUT2D eigenvalue weighted by molar-refractivity contribution is -0.143. The molecular weight excluding hydrogens is 394 g/mol. The maximum Gasteiger partial charge on any atom is 0.338 e. The van der Waals surface area contributed by atoms with Crippen LogP contribution in [0.4, 0.5) is 10.5 Å². The van der Waals surface area contributed by atoms with Gasteiger partial charge in [0.05, 0.1) is 17.7 Å². The van der Waals surface area contributed by atoms with Gasteiger partial charge in [-0.15, -0.1) is 0 Å². The number of carbonyl (C=O) groups excluding carboxylic acids is 3. The average Bonchev–Trinajstić information content (AvgIpc) is 2.73. The maximum atomic E-state index is 12.9. The first-order chi connectivity index (χ1) is 14.8. The van der Waals surface area contributed by atoms with Crippen LogP contribution in [0, 0.1) is 5.92 Å². The fraction of sp³-hybridized carbons (Fsp3) is 0.542. The monoisotopic (exact) mass is 427 g/mol. The van der Waals surface area contributed by atoms with Gasteiger partial charge in [0.2, 0.25) is 5.91 Å². The van der Waals surface area contributed by atoms with Crippen molar-refractivity contribution >= 4 is 23.6 Å². The number of nitrogens with one attached hydrogen (secondary N) is 2. The third-order valence-corrected chi connectivity index (χ3v) is 5.94. The van der Waals surface area contributed by atoms with Crippen LogP contribution in [-0.2, 0) is 14.3 Å². The third kappa shape index (κ3) is 5.27. The van der Waals surface area contributed by atoms with Gasteiger partial charge in [0.25, 0.3) is 0 Å². The molecule has 2 N–H and O–H groups in total. The Balaban J connectivity index is 1.89. The van der Waals surface area contributed by atoms with Crippen molar-refractivity contribution in [3.63, 3.8) is 0 Å². The summed E-state index contributed by atoms with van der Waals surface area (Å²) in [6, 6.07) is 6.42. The van der Waals surface area contributed by atoms with E-state index in [1.54, 1.807) is 20.8 Å². The molecule has 1 fully saturated rings. The van der Waals surface area contributed by atoms with Crippen LogP contribution in [0.3, 0.4) is 0 Å². The molecule has 2 aliphatic rings. The van der Waals surface area contributed by atoms with Gasteiger partial charge in [0.15, 0.2) is 0 Å². The van der Waals surface area contributed by atoms with Gasteiger partial charge < -0.3 is 15.4 Å². The van der Waals surface area contributed by atoms with E-state index in [2.05, 4.69) is 10.6 Å². The molecule has 1 heterocycles. The zero-order chi connectivity index (χ0) is 22.5. The number of allylic oxidation sites excluding steroid dienone is 1. The minimum absolute atomic E-state index is 0.0350. The van der Waals surface area contributed by atoms with Gasteiger partial charge in [-0.1, -0.05) is 31.4 Å². The van der Waals surface area contributed by atoms with Crippen LogP contribution in [0.2, 0.25) is 0 Å². The number of anilines is 1. The van der Waals surface area contributed by atoms with Crippen LogP contribution in [0.5, 0.6) is 0 Å². The fourth-order valence-electron chi connectivity index (χ4n) is 4.36. The zero-order valence-electron chi connectivity index (χ0n) is 18.9. The maximum absolute atomic E-state index is 12.9. The predicted octanol–water partition coefficient (Wildman–Crippen LogP) is 4.52. The molecule has 3 amide bonds. The van der Waals surface area contributed by atoms with E-state index in [4.69, 9.17) is 4.74 Å². The number of esters is 1. The summed E-state index contributed by atoms with van der Waals surface area (Å²) in [7, 11) is 0. The van der Waals surface area contributed by atoms with Crippen molar-refractivity contribution in [1.82, 2.24) is 10.2 Å². The molecule has 1 aliphatic heterocycles. The Morgan fingerprint density at radius 2 is 1.94 bits per heavy atom. The van der Waals surface area contributed by atoms with Crippen LogP contribution in [0.25, 0.3) is 0 Å². The average molecular weight is 428 g/mol. The molecule has 7 nitrogen and oxygen atoms in total. The highest BCUT2D eigenvalue weighted by atomic mass is 16.5. The van der Waals surface area contributed by atoms with Crippen molar-refractivity contribution in [2.24, 2.45) is 5.92 Å². The highest BCUT2D eigenvalue weighted by molar-refractivity contribution is 5.96. The summed E-state index contributed by atoms with van der Waals surface area (Å²) < 4.78 is 5.47. The number of hydrogen-bond acceptors (Lipinski definition) is 4. The largest absolute Gasteiger partial charge is 0.459 e. The number of urea groups is 1. The van der Waals surface area contributed by atoms with E-state index in [9.17, 15) is 14.4 Å². The molecule has 1 aromatic carbocycles. The number of ether oxygens (including phenoxy) is 1. The smallest absolute Gasteiger partial charge is 0.338 e. The molecule has 1 unspecified atom stereocenters. The number of amides is 3. The summed E-state index contributed by atoms with van der Waals surface area (Å²) in [6.45, 7) is 7.66. The molecule has 3 rings (SSSR count). The van der Waals surface area contributed by atoms with E-state index in [1.165, 1.54) is 11.3 Å². The summed E-state index contributed by atoms with van der Waals surface area (Å²) in [4.78, 5) is 39.7. The summed E-state index contributed by atoms with van der Waals surface area (Å²) >= 11 is 0. The first kappa shape index (κ1) is 22.8. The Labute approximate surface area is 184 Å². The van der Waals surface area contributed by atoms with E-state index in [-0.39, 0.29) is 24.0 Å². The minimum atomic E-state index is -0.645. The number of hydrogen-bond donors (Lipinski definition) is 2. The molecule has 0 aromatic heterocycles. The Morgan fingerprint density at radius 1 is 1.23 bits per heavy atom. The molecular formula is C24H33N3O4. The van der Waals surface area contributed by atoms with E-state index in [0.29, 0.717) is 23.5 Å². The molecule has 0 bridgehead atoms. The Kier molecular flexibility index (Phi) is 7.36. The van der Waals surface area contributed by atoms with Crippen molar-refractivity contribution in [3.05, 3.63) is 41.1 Å². The van der Waals surface area contributed by atoms with Gasteiger partial charge in [0, 0.05) is 23.8 Å². The molecule has 1 aliphatic carbocycles. The lowest BCUT2D eigenvalue weighted by atomic mass is 9.88. The first-order valence-corrected chi connectivity index (χ1v) is 11.2. The highest BCUT2D eigenvalue weighted by Crippen LogP contribution is 2.33. The Bertz CT molecular complexity index is 871. The van der Waals surface area contributed by atoms with Gasteiger partial charge in [-0.05, 0) is 58.2 Å². The van der Waals surface area contributed by atoms with E-state index in [1.807, 2.05) is 31.2 Å². The Morgan fingerprint density at radius 3 is 2.58 bits per heavy atom. The summed E-state index contributed by atoms with van der Waals surface area (Å²) in [5.41, 5.74) is 2.37. The van der Waals surface area contributed by atoms with Crippen LogP contribution >= 0.6 is 0 Å². The molecule has 1 saturated carbocycles. The molecule has 0 spiro atoms. The van der Waals surface area contributed by atoms with E-state index >= 15 is 0 Å². The van der Waals surface area contributed by atoms with Gasteiger partial charge >= 0.3 is 12.0 Å². The number of rotatable bonds is 6. The van der Waals surface area contributed by atoms with Crippen LogP contribution in [0.15, 0.2) is 35.5 Å². The van der Waals surface area contributed by atoms with Gasteiger partial charge in [0.1, 0.15) is 0 Å². The molecule has 1 aromatic rings. The van der Waals surface area contributed by atoms with Crippen molar-refractivity contribution in [1.29, 1.82) is 0 Å². The van der Waals surface area contributed by atoms with Crippen molar-refractivity contribution in [2.45, 2.75) is 71.9 Å². The lowest BCUT2D eigenvalue weighted by Gasteiger charge is -2.35. The molecule has 31 heavy (non-hydrogen) atoms. The van der Waals surface area contributed by atoms with Crippen LogP contribution in [-0.4, -0.2) is 35.5 Å². The van der Waals surface area contributed by atoms with Gasteiger partial charge in [-0.3, -0.25) is 9.69 Å². The Hall–Kier alpha value is -2.83. The van der Waals surface area contributed by atoms with Gasteiger partial charge in [-0.25, -0.2) is 9.59 Å². The molecule has 0 radical (unpaired) electrons. The summed E-state index contributed by atoms with van der Waals surface area (Å²) in [6.07, 6.45) is 4.93. The van der Waals surface area contributed by atoms with E-state index in [0.717, 1.165) is 31.2 Å².